The summed E-state index contributed by atoms with van der Waals surface area (Å²) in [5.41, 5.74) is 0.424. The highest BCUT2D eigenvalue weighted by Crippen LogP contribution is 2.43. The Morgan fingerprint density at radius 3 is 2.41 bits per heavy atom. The number of nitrogens with zero attached hydrogens (tertiary/aromatic N) is 1. The van der Waals surface area contributed by atoms with Crippen molar-refractivity contribution in [3.05, 3.63) is 0 Å². The normalized spacial score (nSPS) is 36.4. The Morgan fingerprint density at radius 2 is 1.82 bits per heavy atom. The van der Waals surface area contributed by atoms with Crippen LogP contribution in [0.1, 0.15) is 59.3 Å². The lowest BCUT2D eigenvalue weighted by Crippen LogP contribution is -2.49. The third-order valence-electron chi connectivity index (χ3n) is 5.31. The number of hydrogen-bond acceptors (Lipinski definition) is 2. The summed E-state index contributed by atoms with van der Waals surface area (Å²) >= 11 is 0. The standard InChI is InChI=1S/C15H29NO/c1-4-15(2,3)13-8-7-12(17)11-14(13)16-9-5-6-10-16/h12-14,17H,4-11H2,1-3H3. The highest BCUT2D eigenvalue weighted by Gasteiger charge is 2.41. The molecule has 17 heavy (non-hydrogen) atoms. The molecule has 100 valence electrons. The van der Waals surface area contributed by atoms with Crippen molar-refractivity contribution in [2.24, 2.45) is 11.3 Å². The Labute approximate surface area is 106 Å². The largest absolute Gasteiger partial charge is 0.393 e. The van der Waals surface area contributed by atoms with Crippen molar-refractivity contribution in [1.29, 1.82) is 0 Å². The Balaban J connectivity index is 2.10. The first-order valence-electron chi connectivity index (χ1n) is 7.46. The molecule has 2 aliphatic rings. The molecule has 1 aliphatic carbocycles. The van der Waals surface area contributed by atoms with E-state index in [0.29, 0.717) is 11.5 Å². The minimum Gasteiger partial charge on any atom is -0.393 e. The number of likely N-dealkylation sites (tertiary alicyclic amines) is 1. The van der Waals surface area contributed by atoms with Gasteiger partial charge in [0.05, 0.1) is 6.10 Å². The Hall–Kier alpha value is -0.0800. The predicted octanol–water partition coefficient (Wildman–Crippen LogP) is 3.05. The topological polar surface area (TPSA) is 23.5 Å². The van der Waals surface area contributed by atoms with Gasteiger partial charge >= 0.3 is 0 Å². The van der Waals surface area contributed by atoms with Crippen molar-refractivity contribution in [2.45, 2.75) is 71.4 Å². The fourth-order valence-electron chi connectivity index (χ4n) is 3.78. The fourth-order valence-corrected chi connectivity index (χ4v) is 3.78. The van der Waals surface area contributed by atoms with Crippen molar-refractivity contribution in [2.75, 3.05) is 13.1 Å². The van der Waals surface area contributed by atoms with Gasteiger partial charge in [-0.05, 0) is 56.5 Å². The summed E-state index contributed by atoms with van der Waals surface area (Å²) in [6.07, 6.45) is 7.13. The zero-order valence-electron chi connectivity index (χ0n) is 11.8. The van der Waals surface area contributed by atoms with Crippen molar-refractivity contribution in [3.63, 3.8) is 0 Å². The van der Waals surface area contributed by atoms with Crippen LogP contribution in [0.15, 0.2) is 0 Å². The van der Waals surface area contributed by atoms with Crippen molar-refractivity contribution in [3.8, 4) is 0 Å². The van der Waals surface area contributed by atoms with Gasteiger partial charge in [-0.2, -0.15) is 0 Å². The first-order valence-corrected chi connectivity index (χ1v) is 7.46. The number of aliphatic hydroxyl groups is 1. The van der Waals surface area contributed by atoms with Crippen molar-refractivity contribution in [1.82, 2.24) is 4.90 Å². The minimum absolute atomic E-state index is 0.0514. The van der Waals surface area contributed by atoms with Crippen LogP contribution in [0.5, 0.6) is 0 Å². The molecular formula is C15H29NO. The Morgan fingerprint density at radius 1 is 1.18 bits per heavy atom. The van der Waals surface area contributed by atoms with Gasteiger partial charge in [-0.15, -0.1) is 0 Å². The van der Waals surface area contributed by atoms with E-state index < -0.39 is 0 Å². The van der Waals surface area contributed by atoms with Gasteiger partial charge in [-0.1, -0.05) is 27.2 Å². The highest BCUT2D eigenvalue weighted by atomic mass is 16.3. The summed E-state index contributed by atoms with van der Waals surface area (Å²) in [6, 6.07) is 0.635. The molecule has 1 saturated carbocycles. The molecule has 1 N–H and O–H groups in total. The molecule has 0 aromatic carbocycles. The van der Waals surface area contributed by atoms with Crippen LogP contribution in [0.4, 0.5) is 0 Å². The first kappa shape index (κ1) is 13.4. The third-order valence-corrected chi connectivity index (χ3v) is 5.31. The van der Waals surface area contributed by atoms with Crippen LogP contribution in [0, 0.1) is 11.3 Å². The van der Waals surface area contributed by atoms with Gasteiger partial charge in [0.15, 0.2) is 0 Å². The molecule has 0 amide bonds. The maximum atomic E-state index is 9.97. The summed E-state index contributed by atoms with van der Waals surface area (Å²) in [5.74, 6) is 0.772. The average Bonchev–Trinajstić information content (AvgIpc) is 2.82. The van der Waals surface area contributed by atoms with Gasteiger partial charge in [0.25, 0.3) is 0 Å². The third kappa shape index (κ3) is 2.85. The van der Waals surface area contributed by atoms with E-state index in [4.69, 9.17) is 0 Å². The smallest absolute Gasteiger partial charge is 0.0555 e. The molecule has 0 aromatic heterocycles. The van der Waals surface area contributed by atoms with Gasteiger partial charge < -0.3 is 5.11 Å². The fraction of sp³-hybridized carbons (Fsp3) is 1.00. The van der Waals surface area contributed by atoms with E-state index in [1.54, 1.807) is 0 Å². The van der Waals surface area contributed by atoms with Gasteiger partial charge in [-0.25, -0.2) is 0 Å². The van der Waals surface area contributed by atoms with Crippen LogP contribution >= 0.6 is 0 Å². The second-order valence-electron chi connectivity index (χ2n) is 6.73. The zero-order valence-corrected chi connectivity index (χ0v) is 11.8. The lowest BCUT2D eigenvalue weighted by Gasteiger charge is -2.47. The lowest BCUT2D eigenvalue weighted by molar-refractivity contribution is -0.0100. The molecule has 2 nitrogen and oxygen atoms in total. The molecule has 3 atom stereocenters. The molecule has 1 saturated heterocycles. The maximum Gasteiger partial charge on any atom is 0.0555 e. The maximum absolute atomic E-state index is 9.97. The Bertz CT molecular complexity index is 245. The van der Waals surface area contributed by atoms with E-state index in [-0.39, 0.29) is 6.10 Å². The van der Waals surface area contributed by atoms with Crippen LogP contribution in [0.3, 0.4) is 0 Å². The predicted molar refractivity (Wildman–Crippen MR) is 72.0 cm³/mol. The second-order valence-corrected chi connectivity index (χ2v) is 6.73. The lowest BCUT2D eigenvalue weighted by atomic mass is 9.66. The molecule has 2 rings (SSSR count). The van der Waals surface area contributed by atoms with Crippen LogP contribution in [0.2, 0.25) is 0 Å². The van der Waals surface area contributed by atoms with E-state index in [0.717, 1.165) is 18.8 Å². The molecule has 0 spiro atoms. The molecule has 0 aromatic rings. The van der Waals surface area contributed by atoms with Crippen LogP contribution in [-0.2, 0) is 0 Å². The second kappa shape index (κ2) is 5.27. The van der Waals surface area contributed by atoms with E-state index in [1.807, 2.05) is 0 Å². The van der Waals surface area contributed by atoms with Crippen LogP contribution in [-0.4, -0.2) is 35.2 Å². The summed E-state index contributed by atoms with van der Waals surface area (Å²) in [5, 5.41) is 9.97. The zero-order chi connectivity index (χ0) is 12.5. The quantitative estimate of drug-likeness (QED) is 0.818. The van der Waals surface area contributed by atoms with E-state index >= 15 is 0 Å². The van der Waals surface area contributed by atoms with Crippen molar-refractivity contribution >= 4 is 0 Å². The highest BCUT2D eigenvalue weighted by molar-refractivity contribution is 4.94. The van der Waals surface area contributed by atoms with E-state index in [2.05, 4.69) is 25.7 Å². The monoisotopic (exact) mass is 239 g/mol. The van der Waals surface area contributed by atoms with Gasteiger partial charge in [0.1, 0.15) is 0 Å². The van der Waals surface area contributed by atoms with Crippen LogP contribution in [0.25, 0.3) is 0 Å². The summed E-state index contributed by atoms with van der Waals surface area (Å²) in [7, 11) is 0. The number of aliphatic hydroxyl groups excluding tert-OH is 1. The van der Waals surface area contributed by atoms with Gasteiger partial charge in [0, 0.05) is 6.04 Å². The van der Waals surface area contributed by atoms with Crippen molar-refractivity contribution < 1.29 is 5.11 Å². The molecule has 1 heterocycles. The summed E-state index contributed by atoms with van der Waals surface area (Å²) in [6.45, 7) is 9.66. The number of rotatable bonds is 3. The molecule has 3 unspecified atom stereocenters. The summed E-state index contributed by atoms with van der Waals surface area (Å²) in [4.78, 5) is 2.66. The average molecular weight is 239 g/mol. The van der Waals surface area contributed by atoms with Gasteiger partial charge in [-0.3, -0.25) is 4.90 Å². The molecule has 1 aliphatic heterocycles. The van der Waals surface area contributed by atoms with E-state index in [1.165, 1.54) is 38.8 Å². The Kier molecular flexibility index (Phi) is 4.14. The minimum atomic E-state index is -0.0514. The first-order chi connectivity index (χ1) is 8.04. The van der Waals surface area contributed by atoms with Crippen LogP contribution < -0.4 is 0 Å². The molecule has 0 bridgehead atoms. The van der Waals surface area contributed by atoms with E-state index in [9.17, 15) is 5.11 Å². The SMILES string of the molecule is CCC(C)(C)C1CCC(O)CC1N1CCCC1. The molecule has 0 radical (unpaired) electrons. The summed E-state index contributed by atoms with van der Waals surface area (Å²) < 4.78 is 0. The molecule has 2 fully saturated rings. The molecular weight excluding hydrogens is 210 g/mol. The number of hydrogen-bond donors (Lipinski definition) is 1. The molecule has 2 heteroatoms. The van der Waals surface area contributed by atoms with Gasteiger partial charge in [0.2, 0.25) is 0 Å².